The number of hydrogen-bond acceptors (Lipinski definition) is 3. The van der Waals surface area contributed by atoms with Crippen molar-refractivity contribution in [3.05, 3.63) is 118 Å². The summed E-state index contributed by atoms with van der Waals surface area (Å²) in [5.41, 5.74) is 6.84. The van der Waals surface area contributed by atoms with Crippen molar-refractivity contribution in [3.63, 3.8) is 0 Å². The number of nitrogens with one attached hydrogen (secondary N) is 1. The number of amides is 1. The number of carbonyl (C=O) groups is 1. The van der Waals surface area contributed by atoms with Crippen LogP contribution >= 0.6 is 0 Å². The highest BCUT2D eigenvalue weighted by Gasteiger charge is 2.14. The number of benzene rings is 3. The van der Waals surface area contributed by atoms with Crippen LogP contribution in [0.2, 0.25) is 0 Å². The smallest absolute Gasteiger partial charge is 0.407 e. The topological polar surface area (TPSA) is 51.9 Å². The van der Waals surface area contributed by atoms with Gasteiger partial charge in [0.1, 0.15) is 12.4 Å². The zero-order valence-electron chi connectivity index (χ0n) is 22.7. The van der Waals surface area contributed by atoms with Gasteiger partial charge in [0.05, 0.1) is 13.2 Å². The Morgan fingerprint density at radius 2 is 1.66 bits per heavy atom. The molecule has 5 heteroatoms. The van der Waals surface area contributed by atoms with E-state index in [1.165, 1.54) is 30.4 Å². The maximum absolute atomic E-state index is 11.6. The SMILES string of the molecule is CCOc1ccc(C2CC=C(C)CC2)cc1.[C-]#[N+]c1ccc(CCNC(=O)OCc2ccc(C)cc2)cc1. The predicted octanol–water partition coefficient (Wildman–Crippen LogP) is 8.31. The molecule has 1 aliphatic carbocycles. The van der Waals surface area contributed by atoms with Crippen LogP contribution in [-0.2, 0) is 17.8 Å². The van der Waals surface area contributed by atoms with Crippen LogP contribution in [0.5, 0.6) is 5.75 Å². The highest BCUT2D eigenvalue weighted by Crippen LogP contribution is 2.32. The molecule has 1 atom stereocenters. The standard InChI is InChI=1S/C18H18N2O2.C15H20O/c1-14-3-5-16(6-4-14)13-22-18(21)20-12-11-15-7-9-17(19-2)10-8-15;1-3-16-15-10-8-14(9-11-15)13-6-4-12(2)5-7-13/h3-10H,11-13H2,1H3,(H,20,21);4,8-11,13H,3,5-7H2,1-2H3. The van der Waals surface area contributed by atoms with Crippen LogP contribution in [0.15, 0.2) is 84.4 Å². The van der Waals surface area contributed by atoms with Crippen molar-refractivity contribution in [2.45, 2.75) is 59.0 Å². The van der Waals surface area contributed by atoms with Crippen molar-refractivity contribution in [2.24, 2.45) is 0 Å². The highest BCUT2D eigenvalue weighted by molar-refractivity contribution is 5.67. The first-order chi connectivity index (χ1) is 18.5. The molecule has 1 N–H and O–H groups in total. The highest BCUT2D eigenvalue weighted by atomic mass is 16.5. The van der Waals surface area contributed by atoms with E-state index >= 15 is 0 Å². The van der Waals surface area contributed by atoms with Gasteiger partial charge in [-0.3, -0.25) is 0 Å². The molecule has 0 fully saturated rings. The van der Waals surface area contributed by atoms with Crippen LogP contribution in [0, 0.1) is 13.5 Å². The molecule has 0 aliphatic heterocycles. The van der Waals surface area contributed by atoms with E-state index in [0.717, 1.165) is 23.5 Å². The summed E-state index contributed by atoms with van der Waals surface area (Å²) in [6.45, 7) is 14.7. The van der Waals surface area contributed by atoms with E-state index in [1.54, 1.807) is 17.7 Å². The first-order valence-electron chi connectivity index (χ1n) is 13.3. The molecule has 198 valence electrons. The van der Waals surface area contributed by atoms with Crippen molar-refractivity contribution < 1.29 is 14.3 Å². The van der Waals surface area contributed by atoms with Crippen molar-refractivity contribution in [1.82, 2.24) is 5.32 Å². The Bertz CT molecular complexity index is 1210. The molecule has 5 nitrogen and oxygen atoms in total. The Labute approximate surface area is 227 Å². The third kappa shape index (κ3) is 9.78. The maximum Gasteiger partial charge on any atom is 0.407 e. The lowest BCUT2D eigenvalue weighted by Gasteiger charge is -2.20. The van der Waals surface area contributed by atoms with E-state index in [4.69, 9.17) is 16.0 Å². The second-order valence-electron chi connectivity index (χ2n) is 9.54. The summed E-state index contributed by atoms with van der Waals surface area (Å²) in [5, 5.41) is 2.72. The van der Waals surface area contributed by atoms with Crippen molar-refractivity contribution in [2.75, 3.05) is 13.2 Å². The summed E-state index contributed by atoms with van der Waals surface area (Å²) >= 11 is 0. The normalized spacial score (nSPS) is 14.3. The van der Waals surface area contributed by atoms with Crippen molar-refractivity contribution in [1.29, 1.82) is 0 Å². The van der Waals surface area contributed by atoms with Gasteiger partial charge in [-0.05, 0) is 81.2 Å². The van der Waals surface area contributed by atoms with Crippen molar-refractivity contribution >= 4 is 11.8 Å². The fourth-order valence-electron chi connectivity index (χ4n) is 4.20. The number of carbonyl (C=O) groups excluding carboxylic acids is 1. The van der Waals surface area contributed by atoms with Crippen LogP contribution < -0.4 is 10.1 Å². The van der Waals surface area contributed by atoms with Gasteiger partial charge in [0.15, 0.2) is 5.69 Å². The van der Waals surface area contributed by atoms with E-state index in [2.05, 4.69) is 47.4 Å². The fraction of sp³-hybridized carbons (Fsp3) is 0.333. The molecule has 0 heterocycles. The summed E-state index contributed by atoms with van der Waals surface area (Å²) in [7, 11) is 0. The van der Waals surface area contributed by atoms with Gasteiger partial charge in [-0.15, -0.1) is 0 Å². The Hall–Kier alpha value is -4.04. The molecular weight excluding hydrogens is 472 g/mol. The Balaban J connectivity index is 0.000000221. The molecule has 1 amide bonds. The zero-order valence-corrected chi connectivity index (χ0v) is 22.7. The minimum absolute atomic E-state index is 0.270. The number of aryl methyl sites for hydroxylation is 1. The Morgan fingerprint density at radius 1 is 0.974 bits per heavy atom. The molecule has 3 aromatic rings. The predicted molar refractivity (Wildman–Crippen MR) is 154 cm³/mol. The minimum atomic E-state index is -0.418. The van der Waals surface area contributed by atoms with Crippen LogP contribution in [0.25, 0.3) is 4.85 Å². The average molecular weight is 511 g/mol. The molecule has 1 aliphatic rings. The molecule has 0 bridgehead atoms. The number of rotatable bonds is 8. The van der Waals surface area contributed by atoms with Crippen LogP contribution in [0.1, 0.15) is 61.3 Å². The van der Waals surface area contributed by atoms with Gasteiger partial charge in [0.2, 0.25) is 0 Å². The summed E-state index contributed by atoms with van der Waals surface area (Å²) < 4.78 is 10.6. The second kappa shape index (κ2) is 15.3. The largest absolute Gasteiger partial charge is 0.494 e. The van der Waals surface area contributed by atoms with Crippen LogP contribution in [0.3, 0.4) is 0 Å². The quantitative estimate of drug-likeness (QED) is 0.245. The first-order valence-corrected chi connectivity index (χ1v) is 13.3. The van der Waals surface area contributed by atoms with Crippen molar-refractivity contribution in [3.8, 4) is 5.75 Å². The zero-order chi connectivity index (χ0) is 27.2. The number of nitrogens with zero attached hydrogens (tertiary/aromatic N) is 1. The van der Waals surface area contributed by atoms with E-state index in [-0.39, 0.29) is 6.61 Å². The molecule has 3 aromatic carbocycles. The van der Waals surface area contributed by atoms with E-state index in [9.17, 15) is 4.79 Å². The van der Waals surface area contributed by atoms with Crippen LogP contribution in [0.4, 0.5) is 10.5 Å². The van der Waals surface area contributed by atoms with Gasteiger partial charge in [-0.2, -0.15) is 0 Å². The summed E-state index contributed by atoms with van der Waals surface area (Å²) in [6.07, 6.45) is 6.40. The lowest BCUT2D eigenvalue weighted by atomic mass is 9.85. The number of allylic oxidation sites excluding steroid dienone is 2. The van der Waals surface area contributed by atoms with E-state index < -0.39 is 6.09 Å². The average Bonchev–Trinajstić information content (AvgIpc) is 2.95. The monoisotopic (exact) mass is 510 g/mol. The number of ether oxygens (including phenoxy) is 2. The Kier molecular flexibility index (Phi) is 11.5. The van der Waals surface area contributed by atoms with Gasteiger partial charge >= 0.3 is 6.09 Å². The molecule has 0 spiro atoms. The molecule has 0 radical (unpaired) electrons. The molecule has 0 saturated heterocycles. The van der Waals surface area contributed by atoms with Crippen LogP contribution in [-0.4, -0.2) is 19.2 Å². The van der Waals surface area contributed by atoms with Gasteiger partial charge < -0.3 is 14.8 Å². The number of hydrogen-bond donors (Lipinski definition) is 1. The van der Waals surface area contributed by atoms with Gasteiger partial charge in [-0.25, -0.2) is 9.64 Å². The van der Waals surface area contributed by atoms with Gasteiger partial charge in [-0.1, -0.05) is 77.9 Å². The minimum Gasteiger partial charge on any atom is -0.494 e. The summed E-state index contributed by atoms with van der Waals surface area (Å²) in [6, 6.07) is 23.8. The number of alkyl carbamates (subject to hydrolysis) is 1. The van der Waals surface area contributed by atoms with E-state index in [0.29, 0.717) is 24.6 Å². The molecule has 1 unspecified atom stereocenters. The maximum atomic E-state index is 11.6. The molecule has 0 saturated carbocycles. The summed E-state index contributed by atoms with van der Waals surface area (Å²) in [5.74, 6) is 1.69. The van der Waals surface area contributed by atoms with E-state index in [1.807, 2.05) is 50.2 Å². The molecule has 38 heavy (non-hydrogen) atoms. The second-order valence-corrected chi connectivity index (χ2v) is 9.54. The third-order valence-electron chi connectivity index (χ3n) is 6.54. The van der Waals surface area contributed by atoms with Gasteiger partial charge in [0, 0.05) is 6.54 Å². The fourth-order valence-corrected chi connectivity index (χ4v) is 4.20. The molecular formula is C33H38N2O3. The molecule has 0 aromatic heterocycles. The summed E-state index contributed by atoms with van der Waals surface area (Å²) in [4.78, 5) is 14.9. The van der Waals surface area contributed by atoms with Gasteiger partial charge in [0.25, 0.3) is 0 Å². The third-order valence-corrected chi connectivity index (χ3v) is 6.54. The first kappa shape index (κ1) is 28.5. The Morgan fingerprint density at radius 3 is 2.26 bits per heavy atom. The molecule has 4 rings (SSSR count). The lowest BCUT2D eigenvalue weighted by Crippen LogP contribution is -2.26. The lowest BCUT2D eigenvalue weighted by molar-refractivity contribution is 0.140.